The fraction of sp³-hybridized carbons (Fsp3) is 0.833. The van der Waals surface area contributed by atoms with Gasteiger partial charge in [0.25, 0.3) is 0 Å². The molecule has 1 saturated heterocycles. The maximum atomic E-state index is 11.8. The molecular formula is C12H21NO2. The van der Waals surface area contributed by atoms with Gasteiger partial charge in [0.1, 0.15) is 0 Å². The number of nitrogens with zero attached hydrogens (tertiary/aromatic N) is 1. The van der Waals surface area contributed by atoms with E-state index >= 15 is 0 Å². The number of Topliss-reactive ketones (excluding diaryl/α,β-unsaturated/α-hetero) is 1. The van der Waals surface area contributed by atoms with Crippen molar-refractivity contribution in [2.75, 3.05) is 0 Å². The number of ketones is 1. The number of hydrogen-bond acceptors (Lipinski definition) is 2. The second kappa shape index (κ2) is 3.95. The molecule has 0 N–H and O–H groups in total. The number of carbonyl (C=O) groups excluding carboxylic acids is 2. The third-order valence-corrected chi connectivity index (χ3v) is 3.66. The van der Waals surface area contributed by atoms with Crippen molar-refractivity contribution in [3.63, 3.8) is 0 Å². The first kappa shape index (κ1) is 12.2. The fourth-order valence-electron chi connectivity index (χ4n) is 2.33. The molecule has 3 nitrogen and oxygen atoms in total. The van der Waals surface area contributed by atoms with Crippen molar-refractivity contribution in [1.29, 1.82) is 0 Å². The second-order valence-electron chi connectivity index (χ2n) is 5.15. The zero-order chi connectivity index (χ0) is 11.8. The fourth-order valence-corrected chi connectivity index (χ4v) is 2.33. The van der Waals surface area contributed by atoms with Crippen LogP contribution in [-0.4, -0.2) is 28.7 Å². The van der Waals surface area contributed by atoms with Gasteiger partial charge in [-0.2, -0.15) is 0 Å². The van der Waals surface area contributed by atoms with Crippen LogP contribution in [0.25, 0.3) is 0 Å². The number of amides is 1. The van der Waals surface area contributed by atoms with Crippen LogP contribution in [0, 0.1) is 5.41 Å². The molecule has 0 aromatic carbocycles. The Hall–Kier alpha value is -0.860. The molecule has 1 amide bonds. The molecule has 1 aliphatic heterocycles. The first-order chi connectivity index (χ1) is 6.81. The van der Waals surface area contributed by atoms with Crippen LogP contribution in [0.15, 0.2) is 0 Å². The zero-order valence-corrected chi connectivity index (χ0v) is 10.3. The molecule has 0 radical (unpaired) electrons. The minimum atomic E-state index is -0.206. The van der Waals surface area contributed by atoms with E-state index in [4.69, 9.17) is 0 Å². The summed E-state index contributed by atoms with van der Waals surface area (Å²) in [6.45, 7) is 9.70. The van der Waals surface area contributed by atoms with Crippen molar-refractivity contribution in [1.82, 2.24) is 4.90 Å². The van der Waals surface area contributed by atoms with E-state index in [1.54, 1.807) is 11.8 Å². The largest absolute Gasteiger partial charge is 0.329 e. The Kier molecular flexibility index (Phi) is 3.22. The van der Waals surface area contributed by atoms with Gasteiger partial charge in [-0.1, -0.05) is 20.8 Å². The van der Waals surface area contributed by atoms with Gasteiger partial charge >= 0.3 is 0 Å². The molecule has 1 rings (SSSR count). The topological polar surface area (TPSA) is 37.4 Å². The lowest BCUT2D eigenvalue weighted by Gasteiger charge is -2.30. The second-order valence-corrected chi connectivity index (χ2v) is 5.15. The zero-order valence-electron chi connectivity index (χ0n) is 10.3. The summed E-state index contributed by atoms with van der Waals surface area (Å²) < 4.78 is 0. The predicted molar refractivity (Wildman–Crippen MR) is 59.5 cm³/mol. The van der Waals surface area contributed by atoms with Gasteiger partial charge in [0.05, 0.1) is 6.04 Å². The lowest BCUT2D eigenvalue weighted by molar-refractivity contribution is -0.138. The van der Waals surface area contributed by atoms with E-state index in [0.717, 1.165) is 6.42 Å². The quantitative estimate of drug-likeness (QED) is 0.700. The first-order valence-corrected chi connectivity index (χ1v) is 5.63. The minimum absolute atomic E-state index is 0.0428. The summed E-state index contributed by atoms with van der Waals surface area (Å²) in [6, 6.07) is -0.0544. The number of carbonyl (C=O) groups is 2. The normalized spacial score (nSPS) is 29.3. The molecule has 1 fully saturated rings. The summed E-state index contributed by atoms with van der Waals surface area (Å²) in [5, 5.41) is 0. The smallest absolute Gasteiger partial charge is 0.223 e. The number of hydrogen-bond donors (Lipinski definition) is 0. The van der Waals surface area contributed by atoms with Crippen LogP contribution in [0.2, 0.25) is 0 Å². The van der Waals surface area contributed by atoms with Gasteiger partial charge in [0, 0.05) is 12.5 Å². The Morgan fingerprint density at radius 3 is 2.33 bits per heavy atom. The van der Waals surface area contributed by atoms with Crippen LogP contribution in [0.5, 0.6) is 0 Å². The standard InChI is InChI=1S/C12H21NO2/c1-6-11(15)13-9(3)12(4,5)7-10(13)8(2)14/h9-10H,6-7H2,1-5H3/t9?,10-/m0/s1. The van der Waals surface area contributed by atoms with Crippen molar-refractivity contribution in [2.45, 2.75) is 59.5 Å². The van der Waals surface area contributed by atoms with E-state index in [-0.39, 0.29) is 29.2 Å². The van der Waals surface area contributed by atoms with Gasteiger partial charge in [0.15, 0.2) is 5.78 Å². The molecule has 0 aromatic heterocycles. The molecule has 86 valence electrons. The third kappa shape index (κ3) is 2.06. The Bertz CT molecular complexity index is 283. The van der Waals surface area contributed by atoms with Crippen molar-refractivity contribution in [3.05, 3.63) is 0 Å². The molecule has 3 heteroatoms. The van der Waals surface area contributed by atoms with Crippen LogP contribution in [0.4, 0.5) is 0 Å². The van der Waals surface area contributed by atoms with E-state index in [1.807, 2.05) is 13.8 Å². The molecule has 1 heterocycles. The van der Waals surface area contributed by atoms with Crippen molar-refractivity contribution < 1.29 is 9.59 Å². The van der Waals surface area contributed by atoms with Gasteiger partial charge < -0.3 is 4.90 Å². The Balaban J connectivity index is 2.99. The van der Waals surface area contributed by atoms with E-state index < -0.39 is 0 Å². The average Bonchev–Trinajstić information content (AvgIpc) is 2.38. The third-order valence-electron chi connectivity index (χ3n) is 3.66. The molecule has 0 aliphatic carbocycles. The lowest BCUT2D eigenvalue weighted by Crippen LogP contribution is -2.44. The molecule has 0 saturated carbocycles. The molecular weight excluding hydrogens is 190 g/mol. The molecule has 0 aromatic rings. The van der Waals surface area contributed by atoms with E-state index in [2.05, 4.69) is 13.8 Å². The van der Waals surface area contributed by atoms with Gasteiger partial charge in [-0.05, 0) is 25.7 Å². The molecule has 1 aliphatic rings. The van der Waals surface area contributed by atoms with Crippen molar-refractivity contribution in [2.24, 2.45) is 5.41 Å². The Morgan fingerprint density at radius 1 is 1.40 bits per heavy atom. The van der Waals surface area contributed by atoms with Gasteiger partial charge in [-0.15, -0.1) is 0 Å². The number of rotatable bonds is 2. The lowest BCUT2D eigenvalue weighted by atomic mass is 9.84. The maximum Gasteiger partial charge on any atom is 0.223 e. The highest BCUT2D eigenvalue weighted by atomic mass is 16.2. The van der Waals surface area contributed by atoms with Gasteiger partial charge in [-0.3, -0.25) is 9.59 Å². The highest BCUT2D eigenvalue weighted by Crippen LogP contribution is 2.40. The van der Waals surface area contributed by atoms with E-state index in [1.165, 1.54) is 0 Å². The van der Waals surface area contributed by atoms with Crippen molar-refractivity contribution in [3.8, 4) is 0 Å². The summed E-state index contributed by atoms with van der Waals surface area (Å²) in [5.74, 6) is 0.197. The molecule has 0 spiro atoms. The summed E-state index contributed by atoms with van der Waals surface area (Å²) >= 11 is 0. The molecule has 1 unspecified atom stereocenters. The van der Waals surface area contributed by atoms with Gasteiger partial charge in [-0.25, -0.2) is 0 Å². The van der Waals surface area contributed by atoms with Crippen LogP contribution >= 0.6 is 0 Å². The highest BCUT2D eigenvalue weighted by Gasteiger charge is 2.47. The van der Waals surface area contributed by atoms with E-state index in [9.17, 15) is 9.59 Å². The Morgan fingerprint density at radius 2 is 1.93 bits per heavy atom. The molecule has 2 atom stereocenters. The summed E-state index contributed by atoms with van der Waals surface area (Å²) in [7, 11) is 0. The monoisotopic (exact) mass is 211 g/mol. The van der Waals surface area contributed by atoms with Crippen LogP contribution in [0.3, 0.4) is 0 Å². The summed E-state index contributed by atoms with van der Waals surface area (Å²) in [4.78, 5) is 25.1. The Labute approximate surface area is 91.8 Å². The van der Waals surface area contributed by atoms with Crippen LogP contribution < -0.4 is 0 Å². The van der Waals surface area contributed by atoms with Crippen LogP contribution in [-0.2, 0) is 9.59 Å². The predicted octanol–water partition coefficient (Wildman–Crippen LogP) is 2.00. The summed E-state index contributed by atoms with van der Waals surface area (Å²) in [6.07, 6.45) is 1.26. The SMILES string of the molecule is CCC(=O)N1C(C)C(C)(C)C[C@H]1C(C)=O. The first-order valence-electron chi connectivity index (χ1n) is 5.63. The maximum absolute atomic E-state index is 11.8. The highest BCUT2D eigenvalue weighted by molar-refractivity contribution is 5.88. The van der Waals surface area contributed by atoms with Gasteiger partial charge in [0.2, 0.25) is 5.91 Å². The molecule has 0 bridgehead atoms. The number of likely N-dealkylation sites (tertiary alicyclic amines) is 1. The minimum Gasteiger partial charge on any atom is -0.329 e. The van der Waals surface area contributed by atoms with Crippen molar-refractivity contribution >= 4 is 11.7 Å². The van der Waals surface area contributed by atoms with Crippen LogP contribution in [0.1, 0.15) is 47.5 Å². The summed E-state index contributed by atoms with van der Waals surface area (Å²) in [5.41, 5.74) is 0.0428. The average molecular weight is 211 g/mol. The molecule has 15 heavy (non-hydrogen) atoms. The van der Waals surface area contributed by atoms with E-state index in [0.29, 0.717) is 6.42 Å².